The summed E-state index contributed by atoms with van der Waals surface area (Å²) in [5, 5.41) is 3.41. The van der Waals surface area contributed by atoms with Crippen LogP contribution in [0.4, 0.5) is 0 Å². The molecule has 1 saturated heterocycles. The van der Waals surface area contributed by atoms with Gasteiger partial charge in [0.15, 0.2) is 0 Å². The van der Waals surface area contributed by atoms with Crippen LogP contribution >= 0.6 is 11.6 Å². The van der Waals surface area contributed by atoms with Crippen LogP contribution in [0.25, 0.3) is 0 Å². The predicted molar refractivity (Wildman–Crippen MR) is 88.4 cm³/mol. The monoisotopic (exact) mass is 324 g/mol. The normalized spacial score (nSPS) is 18.9. The molecule has 1 atom stereocenters. The summed E-state index contributed by atoms with van der Waals surface area (Å²) < 4.78 is 5.46. The number of carbonyl (C=O) groups is 1. The van der Waals surface area contributed by atoms with Gasteiger partial charge in [0.25, 0.3) is 0 Å². The van der Waals surface area contributed by atoms with E-state index in [0.717, 1.165) is 44.2 Å². The molecule has 0 aliphatic carbocycles. The Hall–Kier alpha value is -1.29. The molecule has 0 saturated carbocycles. The Labute approximate surface area is 137 Å². The zero-order valence-corrected chi connectivity index (χ0v) is 14.4. The molecule has 4 nitrogen and oxygen atoms in total. The molecule has 0 radical (unpaired) electrons. The van der Waals surface area contributed by atoms with Crippen molar-refractivity contribution in [2.45, 2.75) is 51.4 Å². The van der Waals surface area contributed by atoms with Crippen molar-refractivity contribution in [2.75, 3.05) is 13.7 Å². The van der Waals surface area contributed by atoms with Gasteiger partial charge in [-0.05, 0) is 38.2 Å². The molecule has 1 aliphatic rings. The quantitative estimate of drug-likeness (QED) is 0.811. The maximum atomic E-state index is 12.2. The van der Waals surface area contributed by atoms with E-state index in [1.165, 1.54) is 0 Å². The summed E-state index contributed by atoms with van der Waals surface area (Å²) in [6, 6.07) is 3.81. The minimum atomic E-state index is -0.109. The average Bonchev–Trinajstić information content (AvgIpc) is 2.54. The van der Waals surface area contributed by atoms with Gasteiger partial charge in [0.05, 0.1) is 7.11 Å². The maximum Gasteiger partial charge on any atom is 0.223 e. The van der Waals surface area contributed by atoms with Crippen LogP contribution in [0, 0.1) is 5.92 Å². The fourth-order valence-corrected chi connectivity index (χ4v) is 3.65. The molecule has 0 bridgehead atoms. The number of nitrogens with zero attached hydrogens (tertiary/aromatic N) is 1. The van der Waals surface area contributed by atoms with Crippen LogP contribution < -0.4 is 10.1 Å². The lowest BCUT2D eigenvalue weighted by Crippen LogP contribution is -2.40. The van der Waals surface area contributed by atoms with Gasteiger partial charge in [-0.3, -0.25) is 4.79 Å². The standard InChI is InChI=1S/C17H25ClN2O2/c1-4-17(5-2,11-12-7-6-10-19-15(12)21)13-8-9-14(18)20-16(13)22-3/h8-9,12H,4-7,10-11H2,1-3H3,(H,19,21). The van der Waals surface area contributed by atoms with E-state index in [1.54, 1.807) is 13.2 Å². The first kappa shape index (κ1) is 17.1. The van der Waals surface area contributed by atoms with Gasteiger partial charge in [-0.1, -0.05) is 31.5 Å². The fourth-order valence-electron chi connectivity index (χ4n) is 3.51. The SMILES string of the molecule is CCC(CC)(CC1CCCNC1=O)c1ccc(Cl)nc1OC. The molecule has 0 aromatic carbocycles. The number of methoxy groups -OCH3 is 1. The molecule has 1 aromatic heterocycles. The second-order valence-corrected chi connectivity index (χ2v) is 6.40. The molecule has 22 heavy (non-hydrogen) atoms. The Morgan fingerprint density at radius 1 is 1.41 bits per heavy atom. The lowest BCUT2D eigenvalue weighted by atomic mass is 9.69. The molecule has 1 aromatic rings. The topological polar surface area (TPSA) is 51.2 Å². The summed E-state index contributed by atoms with van der Waals surface area (Å²) in [6.07, 6.45) is 4.71. The van der Waals surface area contributed by atoms with Gasteiger partial charge in [0, 0.05) is 23.4 Å². The van der Waals surface area contributed by atoms with Gasteiger partial charge in [0.2, 0.25) is 11.8 Å². The van der Waals surface area contributed by atoms with Crippen molar-refractivity contribution >= 4 is 17.5 Å². The molecule has 122 valence electrons. The van der Waals surface area contributed by atoms with E-state index in [4.69, 9.17) is 16.3 Å². The Kier molecular flexibility index (Phi) is 5.68. The molecule has 0 spiro atoms. The van der Waals surface area contributed by atoms with Gasteiger partial charge in [-0.25, -0.2) is 4.98 Å². The van der Waals surface area contributed by atoms with Crippen LogP contribution in [0.15, 0.2) is 12.1 Å². The third-order valence-corrected chi connectivity index (χ3v) is 5.19. The summed E-state index contributed by atoms with van der Waals surface area (Å²) in [5.74, 6) is 0.819. The summed E-state index contributed by atoms with van der Waals surface area (Å²) in [6.45, 7) is 5.13. The zero-order chi connectivity index (χ0) is 16.2. The number of nitrogens with one attached hydrogen (secondary N) is 1. The smallest absolute Gasteiger partial charge is 0.223 e. The van der Waals surface area contributed by atoms with Crippen molar-refractivity contribution < 1.29 is 9.53 Å². The highest BCUT2D eigenvalue weighted by atomic mass is 35.5. The summed E-state index contributed by atoms with van der Waals surface area (Å²) >= 11 is 5.99. The lowest BCUT2D eigenvalue weighted by molar-refractivity contribution is -0.127. The highest BCUT2D eigenvalue weighted by molar-refractivity contribution is 6.29. The van der Waals surface area contributed by atoms with Crippen molar-refractivity contribution in [1.29, 1.82) is 0 Å². The lowest BCUT2D eigenvalue weighted by Gasteiger charge is -2.37. The van der Waals surface area contributed by atoms with Crippen molar-refractivity contribution in [1.82, 2.24) is 10.3 Å². The van der Waals surface area contributed by atoms with Crippen LogP contribution in [0.1, 0.15) is 51.5 Å². The third-order valence-electron chi connectivity index (χ3n) is 4.98. The first-order chi connectivity index (χ1) is 10.6. The first-order valence-electron chi connectivity index (χ1n) is 8.05. The molecule has 1 N–H and O–H groups in total. The second-order valence-electron chi connectivity index (χ2n) is 6.01. The van der Waals surface area contributed by atoms with E-state index in [2.05, 4.69) is 24.1 Å². The average molecular weight is 325 g/mol. The Morgan fingerprint density at radius 3 is 2.73 bits per heavy atom. The van der Waals surface area contributed by atoms with Crippen molar-refractivity contribution in [3.8, 4) is 5.88 Å². The molecular formula is C17H25ClN2O2. The number of hydrogen-bond acceptors (Lipinski definition) is 3. The molecule has 1 fully saturated rings. The molecular weight excluding hydrogens is 300 g/mol. The van der Waals surface area contributed by atoms with Crippen molar-refractivity contribution in [3.05, 3.63) is 22.8 Å². The van der Waals surface area contributed by atoms with Crippen LogP contribution in [0.2, 0.25) is 5.15 Å². The minimum Gasteiger partial charge on any atom is -0.481 e. The van der Waals surface area contributed by atoms with E-state index < -0.39 is 0 Å². The number of aromatic nitrogens is 1. The molecule has 2 heterocycles. The minimum absolute atomic E-state index is 0.0639. The van der Waals surface area contributed by atoms with E-state index >= 15 is 0 Å². The number of piperidine rings is 1. The molecule has 5 heteroatoms. The van der Waals surface area contributed by atoms with E-state index in [-0.39, 0.29) is 17.2 Å². The van der Waals surface area contributed by atoms with E-state index in [0.29, 0.717) is 11.0 Å². The van der Waals surface area contributed by atoms with Crippen LogP contribution in [-0.4, -0.2) is 24.5 Å². The molecule has 1 unspecified atom stereocenters. The number of amides is 1. The number of carbonyl (C=O) groups excluding carboxylic acids is 1. The Bertz CT molecular complexity index is 529. The Balaban J connectivity index is 2.37. The van der Waals surface area contributed by atoms with Crippen molar-refractivity contribution in [2.24, 2.45) is 5.92 Å². The predicted octanol–water partition coefficient (Wildman–Crippen LogP) is 3.72. The van der Waals surface area contributed by atoms with Crippen molar-refractivity contribution in [3.63, 3.8) is 0 Å². The zero-order valence-electron chi connectivity index (χ0n) is 13.6. The first-order valence-corrected chi connectivity index (χ1v) is 8.42. The third kappa shape index (κ3) is 3.37. The molecule has 1 aliphatic heterocycles. The summed E-state index contributed by atoms with van der Waals surface area (Å²) in [7, 11) is 1.62. The van der Waals surface area contributed by atoms with Gasteiger partial charge >= 0.3 is 0 Å². The van der Waals surface area contributed by atoms with Crippen LogP contribution in [0.3, 0.4) is 0 Å². The number of rotatable bonds is 6. The number of ether oxygens (including phenoxy) is 1. The summed E-state index contributed by atoms with van der Waals surface area (Å²) in [5.41, 5.74) is 0.949. The Morgan fingerprint density at radius 2 is 2.14 bits per heavy atom. The number of pyridine rings is 1. The number of halogens is 1. The largest absolute Gasteiger partial charge is 0.481 e. The van der Waals surface area contributed by atoms with Gasteiger partial charge < -0.3 is 10.1 Å². The van der Waals surface area contributed by atoms with E-state index in [9.17, 15) is 4.79 Å². The van der Waals surface area contributed by atoms with E-state index in [1.807, 2.05) is 6.07 Å². The highest BCUT2D eigenvalue weighted by Gasteiger charge is 2.37. The number of hydrogen-bond donors (Lipinski definition) is 1. The van der Waals surface area contributed by atoms with Crippen LogP contribution in [0.5, 0.6) is 5.88 Å². The second kappa shape index (κ2) is 7.32. The fraction of sp³-hybridized carbons (Fsp3) is 0.647. The highest BCUT2D eigenvalue weighted by Crippen LogP contribution is 2.43. The van der Waals surface area contributed by atoms with Crippen LogP contribution in [-0.2, 0) is 10.2 Å². The van der Waals surface area contributed by atoms with Gasteiger partial charge in [-0.15, -0.1) is 0 Å². The maximum absolute atomic E-state index is 12.2. The summed E-state index contributed by atoms with van der Waals surface area (Å²) in [4.78, 5) is 16.5. The van der Waals surface area contributed by atoms with Gasteiger partial charge in [-0.2, -0.15) is 0 Å². The van der Waals surface area contributed by atoms with Gasteiger partial charge in [0.1, 0.15) is 5.15 Å². The molecule has 1 amide bonds. The molecule has 2 rings (SSSR count).